The first-order valence-corrected chi connectivity index (χ1v) is 9.42. The highest BCUT2D eigenvalue weighted by Crippen LogP contribution is 2.77. The lowest BCUT2D eigenvalue weighted by molar-refractivity contribution is -0.311. The molecule has 0 aliphatic heterocycles. The Labute approximate surface area is 137 Å². The van der Waals surface area contributed by atoms with Gasteiger partial charge in [-0.15, -0.1) is 0 Å². The number of alkyl halides is 5. The van der Waals surface area contributed by atoms with Crippen molar-refractivity contribution < 1.29 is 22.0 Å². The Morgan fingerprint density at radius 1 is 0.625 bits per heavy atom. The average Bonchev–Trinajstić information content (AvgIpc) is 3.28. The zero-order valence-corrected chi connectivity index (χ0v) is 13.2. The van der Waals surface area contributed by atoms with E-state index in [1.165, 1.54) is 6.42 Å². The molecule has 0 radical (unpaired) electrons. The molecule has 5 heteroatoms. The summed E-state index contributed by atoms with van der Waals surface area (Å²) in [4.78, 5) is 0. The summed E-state index contributed by atoms with van der Waals surface area (Å²) in [6, 6.07) is 0. The van der Waals surface area contributed by atoms with Crippen LogP contribution >= 0.6 is 0 Å². The van der Waals surface area contributed by atoms with Crippen molar-refractivity contribution >= 4 is 0 Å². The van der Waals surface area contributed by atoms with Gasteiger partial charge in [0.1, 0.15) is 0 Å². The molecule has 11 unspecified atom stereocenters. The van der Waals surface area contributed by atoms with Gasteiger partial charge in [0, 0.05) is 5.92 Å². The molecular weight excluding hydrogens is 323 g/mol. The Morgan fingerprint density at radius 2 is 1.25 bits per heavy atom. The molecule has 0 aromatic heterocycles. The molecule has 11 atom stereocenters. The third-order valence-corrected chi connectivity index (χ3v) is 9.08. The van der Waals surface area contributed by atoms with Gasteiger partial charge in [-0.1, -0.05) is 12.2 Å². The van der Waals surface area contributed by atoms with Crippen LogP contribution in [0.5, 0.6) is 0 Å². The fourth-order valence-electron chi connectivity index (χ4n) is 8.88. The quantitative estimate of drug-likeness (QED) is 0.350. The SMILES string of the molecule is FC(F)(F)C(F)(F)C1CC2CC1C1C3CC(C4C5C=CC(C5)C34)C21. The highest BCUT2D eigenvalue weighted by Gasteiger charge is 2.75. The first kappa shape index (κ1) is 14.5. The Kier molecular flexibility index (Phi) is 2.45. The van der Waals surface area contributed by atoms with Crippen LogP contribution in [0.4, 0.5) is 22.0 Å². The lowest BCUT2D eigenvalue weighted by Gasteiger charge is -2.47. The summed E-state index contributed by atoms with van der Waals surface area (Å²) in [5.41, 5.74) is 0. The van der Waals surface area contributed by atoms with Gasteiger partial charge in [-0.3, -0.25) is 0 Å². The molecule has 0 N–H and O–H groups in total. The molecule has 6 bridgehead atoms. The Hall–Kier alpha value is -0.610. The minimum atomic E-state index is -5.40. The molecule has 0 amide bonds. The van der Waals surface area contributed by atoms with Gasteiger partial charge in [-0.25, -0.2) is 0 Å². The van der Waals surface area contributed by atoms with E-state index in [1.54, 1.807) is 0 Å². The van der Waals surface area contributed by atoms with E-state index in [0.29, 0.717) is 47.8 Å². The summed E-state index contributed by atoms with van der Waals surface area (Å²) < 4.78 is 66.9. The zero-order chi connectivity index (χ0) is 16.6. The van der Waals surface area contributed by atoms with E-state index in [-0.39, 0.29) is 18.3 Å². The second-order valence-corrected chi connectivity index (χ2v) is 9.44. The van der Waals surface area contributed by atoms with Crippen molar-refractivity contribution in [3.05, 3.63) is 12.2 Å². The Bertz CT molecular complexity index is 622. The van der Waals surface area contributed by atoms with Crippen LogP contribution in [0, 0.1) is 65.1 Å². The van der Waals surface area contributed by atoms with Crippen LogP contribution in [0.1, 0.15) is 25.7 Å². The predicted molar refractivity (Wildman–Crippen MR) is 77.0 cm³/mol. The van der Waals surface area contributed by atoms with Gasteiger partial charge >= 0.3 is 12.1 Å². The molecular formula is C19H21F5. The highest BCUT2D eigenvalue weighted by molar-refractivity contribution is 5.25. The molecule has 0 saturated heterocycles. The van der Waals surface area contributed by atoms with Gasteiger partial charge in [-0.05, 0) is 84.9 Å². The van der Waals surface area contributed by atoms with Crippen LogP contribution in [0.25, 0.3) is 0 Å². The number of fused-ring (bicyclic) bond motifs is 16. The van der Waals surface area contributed by atoms with E-state index < -0.39 is 23.9 Å². The summed E-state index contributed by atoms with van der Waals surface area (Å²) in [5.74, 6) is -2.05. The normalized spacial score (nSPS) is 59.5. The smallest absolute Gasteiger partial charge is 0.196 e. The van der Waals surface area contributed by atoms with Crippen LogP contribution < -0.4 is 0 Å². The Balaban J connectivity index is 1.35. The van der Waals surface area contributed by atoms with E-state index >= 15 is 0 Å². The largest absolute Gasteiger partial charge is 0.453 e. The molecule has 24 heavy (non-hydrogen) atoms. The summed E-state index contributed by atoms with van der Waals surface area (Å²) >= 11 is 0. The topological polar surface area (TPSA) is 0 Å². The van der Waals surface area contributed by atoms with Gasteiger partial charge in [-0.2, -0.15) is 22.0 Å². The second-order valence-electron chi connectivity index (χ2n) is 9.44. The van der Waals surface area contributed by atoms with Gasteiger partial charge in [0.15, 0.2) is 0 Å². The summed E-state index contributed by atoms with van der Waals surface area (Å²) in [7, 11) is 0. The number of allylic oxidation sites excluding steroid dienone is 2. The molecule has 5 saturated carbocycles. The maximum Gasteiger partial charge on any atom is 0.453 e. The second kappa shape index (κ2) is 4.03. The minimum Gasteiger partial charge on any atom is -0.196 e. The Morgan fingerprint density at radius 3 is 1.88 bits per heavy atom. The van der Waals surface area contributed by atoms with Crippen molar-refractivity contribution in [2.75, 3.05) is 0 Å². The van der Waals surface area contributed by atoms with Crippen molar-refractivity contribution in [3.63, 3.8) is 0 Å². The number of rotatable bonds is 1. The number of halogens is 5. The van der Waals surface area contributed by atoms with E-state index in [0.717, 1.165) is 6.42 Å². The zero-order valence-electron chi connectivity index (χ0n) is 13.2. The molecule has 0 nitrogen and oxygen atoms in total. The van der Waals surface area contributed by atoms with Gasteiger partial charge < -0.3 is 0 Å². The fourth-order valence-corrected chi connectivity index (χ4v) is 8.88. The van der Waals surface area contributed by atoms with E-state index in [1.807, 2.05) is 0 Å². The van der Waals surface area contributed by atoms with Crippen LogP contribution in [0.15, 0.2) is 12.2 Å². The average molecular weight is 344 g/mol. The number of hydrogen-bond acceptors (Lipinski definition) is 0. The maximum absolute atomic E-state index is 14.1. The van der Waals surface area contributed by atoms with Crippen LogP contribution in [0.3, 0.4) is 0 Å². The van der Waals surface area contributed by atoms with Crippen molar-refractivity contribution in [1.29, 1.82) is 0 Å². The van der Waals surface area contributed by atoms with Crippen molar-refractivity contribution in [2.45, 2.75) is 37.8 Å². The molecule has 0 aromatic carbocycles. The molecule has 6 rings (SSSR count). The molecule has 0 spiro atoms. The molecule has 132 valence electrons. The van der Waals surface area contributed by atoms with Crippen LogP contribution in [-0.4, -0.2) is 12.1 Å². The van der Waals surface area contributed by atoms with Crippen molar-refractivity contribution in [3.8, 4) is 0 Å². The summed E-state index contributed by atoms with van der Waals surface area (Å²) in [6.45, 7) is 0. The lowest BCUT2D eigenvalue weighted by atomic mass is 9.59. The molecule has 6 aliphatic carbocycles. The van der Waals surface area contributed by atoms with Gasteiger partial charge in [0.05, 0.1) is 0 Å². The predicted octanol–water partition coefficient (Wildman–Crippen LogP) is 5.16. The highest BCUT2D eigenvalue weighted by atomic mass is 19.4. The van der Waals surface area contributed by atoms with Crippen molar-refractivity contribution in [2.24, 2.45) is 65.1 Å². The van der Waals surface area contributed by atoms with Crippen LogP contribution in [-0.2, 0) is 0 Å². The molecule has 5 fully saturated rings. The van der Waals surface area contributed by atoms with Crippen molar-refractivity contribution in [1.82, 2.24) is 0 Å². The molecule has 0 heterocycles. The van der Waals surface area contributed by atoms with E-state index in [4.69, 9.17) is 0 Å². The van der Waals surface area contributed by atoms with E-state index in [9.17, 15) is 22.0 Å². The summed E-state index contributed by atoms with van der Waals surface area (Å²) in [6.07, 6.45) is 2.30. The first-order valence-electron chi connectivity index (χ1n) is 9.42. The number of hydrogen-bond donors (Lipinski definition) is 0. The van der Waals surface area contributed by atoms with E-state index in [2.05, 4.69) is 12.2 Å². The third-order valence-electron chi connectivity index (χ3n) is 9.08. The fraction of sp³-hybridized carbons (Fsp3) is 0.895. The minimum absolute atomic E-state index is 0.100. The lowest BCUT2D eigenvalue weighted by Crippen LogP contribution is -2.50. The van der Waals surface area contributed by atoms with Gasteiger partial charge in [0.2, 0.25) is 0 Å². The molecule has 0 aromatic rings. The monoisotopic (exact) mass is 344 g/mol. The first-order chi connectivity index (χ1) is 11.3. The van der Waals surface area contributed by atoms with Gasteiger partial charge in [0.25, 0.3) is 0 Å². The standard InChI is InChI=1S/C19H21F5/c20-18(21,19(22,23)24)13-5-9-4-10(13)17-12-6-11(16(9)17)14-7-1-2-8(3-7)15(12)14/h1-2,7-17H,3-6H2. The molecule has 6 aliphatic rings. The summed E-state index contributed by atoms with van der Waals surface area (Å²) in [5, 5.41) is 0. The van der Waals surface area contributed by atoms with Crippen LogP contribution in [0.2, 0.25) is 0 Å². The maximum atomic E-state index is 14.1. The third kappa shape index (κ3) is 1.41.